The molecule has 0 saturated carbocycles. The third-order valence-corrected chi connectivity index (χ3v) is 2.64. The van der Waals surface area contributed by atoms with Crippen molar-refractivity contribution in [2.24, 2.45) is 0 Å². The highest BCUT2D eigenvalue weighted by Gasteiger charge is 2.16. The molecule has 0 spiro atoms. The van der Waals surface area contributed by atoms with Gasteiger partial charge >= 0.3 is 11.9 Å². The number of nitrogens with zero attached hydrogens (tertiary/aromatic N) is 1. The molecule has 0 fully saturated rings. The van der Waals surface area contributed by atoms with E-state index in [0.29, 0.717) is 16.3 Å². The number of anilines is 1. The van der Waals surface area contributed by atoms with Gasteiger partial charge in [-0.2, -0.15) is 0 Å². The number of hydrogen-bond donors (Lipinski definition) is 2. The van der Waals surface area contributed by atoms with E-state index in [-0.39, 0.29) is 13.1 Å². The monoisotopic (exact) mass is 257 g/mol. The summed E-state index contributed by atoms with van der Waals surface area (Å²) in [5.41, 5.74) is 1.18. The number of carboxylic acids is 2. The molecule has 0 aliphatic rings. The van der Waals surface area contributed by atoms with Crippen molar-refractivity contribution in [3.05, 3.63) is 28.8 Å². The topological polar surface area (TPSA) is 77.8 Å². The highest BCUT2D eigenvalue weighted by Crippen LogP contribution is 2.26. The Morgan fingerprint density at radius 1 is 1.24 bits per heavy atom. The number of rotatable bonds is 5. The molecule has 0 radical (unpaired) electrons. The van der Waals surface area contributed by atoms with Gasteiger partial charge in [-0.25, -0.2) is 0 Å². The molecule has 0 amide bonds. The number of aliphatic carboxylic acids is 2. The smallest absolute Gasteiger partial charge is 0.323 e. The molecular formula is C11H12ClNO4. The lowest BCUT2D eigenvalue weighted by molar-refractivity contribution is -0.136. The molecule has 1 aromatic rings. The van der Waals surface area contributed by atoms with Crippen molar-refractivity contribution in [1.82, 2.24) is 0 Å². The maximum atomic E-state index is 10.7. The van der Waals surface area contributed by atoms with Gasteiger partial charge in [0.1, 0.15) is 13.1 Å². The van der Waals surface area contributed by atoms with Gasteiger partial charge in [0, 0.05) is 10.7 Å². The molecule has 0 aliphatic heterocycles. The molecule has 0 unspecified atom stereocenters. The van der Waals surface area contributed by atoms with Crippen LogP contribution in [0.25, 0.3) is 0 Å². The number of halogens is 1. The van der Waals surface area contributed by atoms with Crippen LogP contribution in [0, 0.1) is 6.92 Å². The Labute approximate surface area is 103 Å². The number of hydrogen-bond acceptors (Lipinski definition) is 3. The van der Waals surface area contributed by atoms with Crippen LogP contribution in [0.3, 0.4) is 0 Å². The first-order chi connectivity index (χ1) is 7.91. The molecule has 17 heavy (non-hydrogen) atoms. The van der Waals surface area contributed by atoms with Gasteiger partial charge < -0.3 is 15.1 Å². The van der Waals surface area contributed by atoms with Crippen LogP contribution in [0.4, 0.5) is 5.69 Å². The van der Waals surface area contributed by atoms with E-state index in [1.54, 1.807) is 25.1 Å². The van der Waals surface area contributed by atoms with Crippen molar-refractivity contribution in [2.75, 3.05) is 18.0 Å². The van der Waals surface area contributed by atoms with Gasteiger partial charge in [-0.3, -0.25) is 9.59 Å². The molecule has 0 bridgehead atoms. The third kappa shape index (κ3) is 3.64. The molecule has 2 N–H and O–H groups in total. The lowest BCUT2D eigenvalue weighted by Gasteiger charge is -2.23. The summed E-state index contributed by atoms with van der Waals surface area (Å²) in [7, 11) is 0. The highest BCUT2D eigenvalue weighted by molar-refractivity contribution is 6.31. The van der Waals surface area contributed by atoms with Crippen molar-refractivity contribution >= 4 is 29.2 Å². The number of benzene rings is 1. The second-order valence-electron chi connectivity index (χ2n) is 3.53. The SMILES string of the molecule is Cc1c(Cl)cccc1N(CC(=O)O)CC(=O)O. The molecular weight excluding hydrogens is 246 g/mol. The first kappa shape index (κ1) is 13.3. The zero-order valence-corrected chi connectivity index (χ0v) is 9.94. The minimum absolute atomic E-state index is 0.381. The fourth-order valence-electron chi connectivity index (χ4n) is 1.49. The van der Waals surface area contributed by atoms with Gasteiger partial charge in [-0.1, -0.05) is 17.7 Å². The first-order valence-corrected chi connectivity index (χ1v) is 5.23. The van der Waals surface area contributed by atoms with Crippen LogP contribution in [0.5, 0.6) is 0 Å². The van der Waals surface area contributed by atoms with Crippen molar-refractivity contribution < 1.29 is 19.8 Å². The summed E-state index contributed by atoms with van der Waals surface area (Å²) in [5.74, 6) is -2.18. The Kier molecular flexibility index (Phi) is 4.34. The predicted octanol–water partition coefficient (Wildman–Crippen LogP) is 1.62. The maximum Gasteiger partial charge on any atom is 0.323 e. The van der Waals surface area contributed by atoms with E-state index < -0.39 is 11.9 Å². The van der Waals surface area contributed by atoms with E-state index >= 15 is 0 Å². The Bertz CT molecular complexity index is 431. The standard InChI is InChI=1S/C11H12ClNO4/c1-7-8(12)3-2-4-9(7)13(5-10(14)15)6-11(16)17/h2-4H,5-6H2,1H3,(H,14,15)(H,16,17). The van der Waals surface area contributed by atoms with Crippen LogP contribution < -0.4 is 4.90 Å². The highest BCUT2D eigenvalue weighted by atomic mass is 35.5. The fraction of sp³-hybridized carbons (Fsp3) is 0.273. The molecule has 5 nitrogen and oxygen atoms in total. The second kappa shape index (κ2) is 5.54. The van der Waals surface area contributed by atoms with E-state index in [4.69, 9.17) is 21.8 Å². The Balaban J connectivity index is 3.07. The zero-order valence-electron chi connectivity index (χ0n) is 9.18. The molecule has 0 aliphatic carbocycles. The Morgan fingerprint density at radius 3 is 2.24 bits per heavy atom. The molecule has 1 aromatic carbocycles. The summed E-state index contributed by atoms with van der Waals surface area (Å²) in [6.07, 6.45) is 0. The summed E-state index contributed by atoms with van der Waals surface area (Å²) in [6.45, 7) is 0.954. The average Bonchev–Trinajstić information content (AvgIpc) is 2.19. The van der Waals surface area contributed by atoms with E-state index in [0.717, 1.165) is 0 Å². The van der Waals surface area contributed by atoms with Crippen LogP contribution in [0.2, 0.25) is 5.02 Å². The van der Waals surface area contributed by atoms with Crippen molar-refractivity contribution in [3.63, 3.8) is 0 Å². The van der Waals surface area contributed by atoms with Crippen LogP contribution in [-0.2, 0) is 9.59 Å². The minimum Gasteiger partial charge on any atom is -0.480 e. The quantitative estimate of drug-likeness (QED) is 0.838. The number of carbonyl (C=O) groups is 2. The summed E-state index contributed by atoms with van der Waals surface area (Å²) in [6, 6.07) is 4.97. The van der Waals surface area contributed by atoms with Crippen LogP contribution in [-0.4, -0.2) is 35.2 Å². The summed E-state index contributed by atoms with van der Waals surface area (Å²) < 4.78 is 0. The van der Waals surface area contributed by atoms with Crippen molar-refractivity contribution in [1.29, 1.82) is 0 Å². The fourth-order valence-corrected chi connectivity index (χ4v) is 1.66. The molecule has 0 atom stereocenters. The summed E-state index contributed by atoms with van der Waals surface area (Å²) >= 11 is 5.91. The zero-order chi connectivity index (χ0) is 13.0. The van der Waals surface area contributed by atoms with Crippen LogP contribution >= 0.6 is 11.6 Å². The third-order valence-electron chi connectivity index (χ3n) is 2.23. The largest absolute Gasteiger partial charge is 0.480 e. The van der Waals surface area contributed by atoms with Gasteiger partial charge in [0.15, 0.2) is 0 Å². The lowest BCUT2D eigenvalue weighted by atomic mass is 10.1. The van der Waals surface area contributed by atoms with E-state index in [1.807, 2.05) is 0 Å². The van der Waals surface area contributed by atoms with Gasteiger partial charge in [0.05, 0.1) is 0 Å². The Hall–Kier alpha value is -1.75. The van der Waals surface area contributed by atoms with Gasteiger partial charge in [-0.05, 0) is 24.6 Å². The average molecular weight is 258 g/mol. The summed E-state index contributed by atoms with van der Waals surface area (Å²) in [5, 5.41) is 18.0. The normalized spacial score (nSPS) is 10.0. The maximum absolute atomic E-state index is 10.7. The van der Waals surface area contributed by atoms with E-state index in [9.17, 15) is 9.59 Å². The molecule has 6 heteroatoms. The van der Waals surface area contributed by atoms with Gasteiger partial charge in [-0.15, -0.1) is 0 Å². The Morgan fingerprint density at radius 2 is 1.76 bits per heavy atom. The van der Waals surface area contributed by atoms with Crippen molar-refractivity contribution in [2.45, 2.75) is 6.92 Å². The van der Waals surface area contributed by atoms with Gasteiger partial charge in [0.25, 0.3) is 0 Å². The lowest BCUT2D eigenvalue weighted by Crippen LogP contribution is -2.34. The molecule has 1 rings (SSSR count). The number of carboxylic acid groups (broad SMARTS) is 2. The van der Waals surface area contributed by atoms with E-state index in [2.05, 4.69) is 0 Å². The molecule has 0 aromatic heterocycles. The minimum atomic E-state index is -1.09. The second-order valence-corrected chi connectivity index (χ2v) is 3.93. The molecule has 0 saturated heterocycles. The van der Waals surface area contributed by atoms with Crippen LogP contribution in [0.15, 0.2) is 18.2 Å². The molecule has 0 heterocycles. The predicted molar refractivity (Wildman–Crippen MR) is 63.7 cm³/mol. The van der Waals surface area contributed by atoms with E-state index in [1.165, 1.54) is 4.90 Å². The first-order valence-electron chi connectivity index (χ1n) is 4.85. The van der Waals surface area contributed by atoms with Crippen LogP contribution in [0.1, 0.15) is 5.56 Å². The van der Waals surface area contributed by atoms with Crippen molar-refractivity contribution in [3.8, 4) is 0 Å². The summed E-state index contributed by atoms with van der Waals surface area (Å²) in [4.78, 5) is 22.6. The molecule has 92 valence electrons. The van der Waals surface area contributed by atoms with Gasteiger partial charge in [0.2, 0.25) is 0 Å².